The number of allylic oxidation sites excluding steroid dienone is 1. The van der Waals surface area contributed by atoms with Crippen LogP contribution in [0, 0.1) is 6.92 Å². The lowest BCUT2D eigenvalue weighted by Crippen LogP contribution is -2.31. The van der Waals surface area contributed by atoms with Gasteiger partial charge in [0.05, 0.1) is 26.2 Å². The third-order valence-electron chi connectivity index (χ3n) is 5.46. The zero-order chi connectivity index (χ0) is 23.4. The van der Waals surface area contributed by atoms with E-state index in [2.05, 4.69) is 10.1 Å². The van der Waals surface area contributed by atoms with E-state index in [0.29, 0.717) is 37.0 Å². The molecule has 0 atom stereocenters. The molecule has 1 fully saturated rings. The summed E-state index contributed by atoms with van der Waals surface area (Å²) in [7, 11) is 3.23. The zero-order valence-electron chi connectivity index (χ0n) is 18.9. The monoisotopic (exact) mass is 467 g/mol. The number of urea groups is 1. The number of amides is 2. The van der Waals surface area contributed by atoms with Gasteiger partial charge >= 0.3 is 6.03 Å². The van der Waals surface area contributed by atoms with Crippen LogP contribution >= 0.6 is 11.6 Å². The molecule has 2 aromatic heterocycles. The van der Waals surface area contributed by atoms with E-state index in [9.17, 15) is 4.79 Å². The molecular formula is C24H26ClN5O3. The number of hydrogen-bond acceptors (Lipinski definition) is 5. The molecule has 0 spiro atoms. The number of nitrogens with zero attached hydrogens (tertiary/aromatic N) is 5. The second kappa shape index (κ2) is 9.95. The highest BCUT2D eigenvalue weighted by atomic mass is 35.5. The van der Waals surface area contributed by atoms with Crippen molar-refractivity contribution in [3.63, 3.8) is 0 Å². The van der Waals surface area contributed by atoms with Crippen LogP contribution in [0.5, 0.6) is 5.75 Å². The van der Waals surface area contributed by atoms with Gasteiger partial charge in [-0.2, -0.15) is 0 Å². The predicted molar refractivity (Wildman–Crippen MR) is 127 cm³/mol. The Bertz CT molecular complexity index is 1160. The standard InChI is InChI=1S/C24H26ClN5O3/c1-17-15-21(20(23(25)26-17)5-4-14-32-2)30-11-10-22(27-30)29-13-12-28(24(29)31)16-18-6-8-19(33-3)9-7-18/h4,6-11,14-15H,5,12-13,16H2,1-3H3. The normalized spacial score (nSPS) is 13.9. The minimum Gasteiger partial charge on any atom is -0.505 e. The molecule has 2 amide bonds. The lowest BCUT2D eigenvalue weighted by molar-refractivity contribution is 0.218. The number of aryl methyl sites for hydroxylation is 1. The summed E-state index contributed by atoms with van der Waals surface area (Å²) in [6, 6.07) is 11.4. The van der Waals surface area contributed by atoms with Crippen LogP contribution in [0.25, 0.3) is 5.69 Å². The first kappa shape index (κ1) is 22.7. The molecule has 0 bridgehead atoms. The second-order valence-corrected chi connectivity index (χ2v) is 8.04. The van der Waals surface area contributed by atoms with Crippen molar-refractivity contribution in [2.45, 2.75) is 19.9 Å². The lowest BCUT2D eigenvalue weighted by atomic mass is 10.1. The quantitative estimate of drug-likeness (QED) is 0.363. The fraction of sp³-hybridized carbons (Fsp3) is 0.292. The smallest absolute Gasteiger partial charge is 0.326 e. The van der Waals surface area contributed by atoms with Crippen LogP contribution in [0.15, 0.2) is 54.9 Å². The van der Waals surface area contributed by atoms with Gasteiger partial charge in [-0.15, -0.1) is 5.10 Å². The average molecular weight is 468 g/mol. The molecule has 1 saturated heterocycles. The number of carbonyl (C=O) groups excluding carboxylic acids is 1. The van der Waals surface area contributed by atoms with E-state index in [-0.39, 0.29) is 6.03 Å². The minimum atomic E-state index is -0.0664. The molecule has 33 heavy (non-hydrogen) atoms. The Kier molecular flexibility index (Phi) is 6.84. The maximum atomic E-state index is 13.1. The van der Waals surface area contributed by atoms with Crippen LogP contribution in [0.1, 0.15) is 16.8 Å². The van der Waals surface area contributed by atoms with Crippen LogP contribution in [-0.2, 0) is 17.7 Å². The lowest BCUT2D eigenvalue weighted by Gasteiger charge is -2.17. The Morgan fingerprint density at radius 1 is 1.15 bits per heavy atom. The molecule has 4 rings (SSSR count). The third kappa shape index (κ3) is 4.96. The number of halogens is 1. The summed E-state index contributed by atoms with van der Waals surface area (Å²) in [5.74, 6) is 1.39. The van der Waals surface area contributed by atoms with Gasteiger partial charge in [0.2, 0.25) is 0 Å². The molecule has 3 aromatic rings. The molecule has 172 valence electrons. The highest BCUT2D eigenvalue weighted by molar-refractivity contribution is 6.30. The molecule has 1 aromatic carbocycles. The number of ether oxygens (including phenoxy) is 2. The van der Waals surface area contributed by atoms with Crippen molar-refractivity contribution in [1.29, 1.82) is 0 Å². The first-order chi connectivity index (χ1) is 16.0. The van der Waals surface area contributed by atoms with Crippen LogP contribution in [0.2, 0.25) is 5.15 Å². The first-order valence-electron chi connectivity index (χ1n) is 10.6. The predicted octanol–water partition coefficient (Wildman–Crippen LogP) is 4.38. The number of hydrogen-bond donors (Lipinski definition) is 0. The summed E-state index contributed by atoms with van der Waals surface area (Å²) in [4.78, 5) is 20.9. The largest absolute Gasteiger partial charge is 0.505 e. The number of pyridine rings is 1. The van der Waals surface area contributed by atoms with Gasteiger partial charge in [-0.3, -0.25) is 4.90 Å². The molecule has 0 N–H and O–H groups in total. The second-order valence-electron chi connectivity index (χ2n) is 7.69. The molecule has 0 saturated carbocycles. The van der Waals surface area contributed by atoms with Crippen molar-refractivity contribution in [2.75, 3.05) is 32.2 Å². The van der Waals surface area contributed by atoms with Crippen LogP contribution in [0.3, 0.4) is 0 Å². The molecule has 9 heteroatoms. The molecular weight excluding hydrogens is 442 g/mol. The van der Waals surface area contributed by atoms with E-state index in [1.807, 2.05) is 60.5 Å². The van der Waals surface area contributed by atoms with E-state index >= 15 is 0 Å². The topological polar surface area (TPSA) is 72.7 Å². The summed E-state index contributed by atoms with van der Waals surface area (Å²) >= 11 is 6.43. The molecule has 3 heterocycles. The van der Waals surface area contributed by atoms with Crippen molar-refractivity contribution in [2.24, 2.45) is 0 Å². The molecule has 0 aliphatic carbocycles. The summed E-state index contributed by atoms with van der Waals surface area (Å²) < 4.78 is 11.9. The van der Waals surface area contributed by atoms with Crippen molar-refractivity contribution in [1.82, 2.24) is 19.7 Å². The van der Waals surface area contributed by atoms with Gasteiger partial charge in [-0.1, -0.05) is 23.7 Å². The summed E-state index contributed by atoms with van der Waals surface area (Å²) in [5.41, 5.74) is 3.49. The number of benzene rings is 1. The maximum absolute atomic E-state index is 13.1. The Labute approximate surface area is 198 Å². The molecule has 0 radical (unpaired) electrons. The van der Waals surface area contributed by atoms with Gasteiger partial charge in [0.15, 0.2) is 5.82 Å². The Hall–Kier alpha value is -3.52. The third-order valence-corrected chi connectivity index (χ3v) is 5.77. The van der Waals surface area contributed by atoms with Gasteiger partial charge in [-0.05, 0) is 43.2 Å². The maximum Gasteiger partial charge on any atom is 0.326 e. The number of aromatic nitrogens is 3. The Morgan fingerprint density at radius 2 is 1.94 bits per heavy atom. The summed E-state index contributed by atoms with van der Waals surface area (Å²) in [5, 5.41) is 5.11. The molecule has 1 aliphatic heterocycles. The van der Waals surface area contributed by atoms with Gasteiger partial charge in [0.1, 0.15) is 10.9 Å². The fourth-order valence-electron chi connectivity index (χ4n) is 3.79. The highest BCUT2D eigenvalue weighted by Crippen LogP contribution is 2.26. The van der Waals surface area contributed by atoms with E-state index in [1.54, 1.807) is 30.1 Å². The Balaban J connectivity index is 1.53. The van der Waals surface area contributed by atoms with Crippen molar-refractivity contribution >= 4 is 23.4 Å². The number of carbonyl (C=O) groups is 1. The van der Waals surface area contributed by atoms with Crippen LogP contribution < -0.4 is 9.64 Å². The average Bonchev–Trinajstić information content (AvgIpc) is 3.43. The van der Waals surface area contributed by atoms with E-state index < -0.39 is 0 Å². The molecule has 1 aliphatic rings. The van der Waals surface area contributed by atoms with Gasteiger partial charge in [-0.25, -0.2) is 14.5 Å². The van der Waals surface area contributed by atoms with Gasteiger partial charge in [0.25, 0.3) is 0 Å². The van der Waals surface area contributed by atoms with E-state index in [4.69, 9.17) is 21.1 Å². The SMILES string of the molecule is COC=CCc1c(-n2ccc(N3CCN(Cc4ccc(OC)cc4)C3=O)n2)cc(C)nc1Cl. The Morgan fingerprint density at radius 3 is 2.67 bits per heavy atom. The van der Waals surface area contributed by atoms with Gasteiger partial charge in [0, 0.05) is 43.2 Å². The molecule has 0 unspecified atom stereocenters. The van der Waals surface area contributed by atoms with Crippen LogP contribution in [-0.4, -0.2) is 53.0 Å². The molecule has 8 nitrogen and oxygen atoms in total. The first-order valence-corrected chi connectivity index (χ1v) is 11.0. The van der Waals surface area contributed by atoms with Crippen molar-refractivity contribution < 1.29 is 14.3 Å². The highest BCUT2D eigenvalue weighted by Gasteiger charge is 2.31. The summed E-state index contributed by atoms with van der Waals surface area (Å²) in [6.45, 7) is 3.63. The number of anilines is 1. The van der Waals surface area contributed by atoms with Crippen molar-refractivity contribution in [3.05, 3.63) is 76.9 Å². The number of rotatable bonds is 8. The summed E-state index contributed by atoms with van der Waals surface area (Å²) in [6.07, 6.45) is 5.86. The van der Waals surface area contributed by atoms with Gasteiger partial charge < -0.3 is 14.4 Å². The van der Waals surface area contributed by atoms with Crippen LogP contribution in [0.4, 0.5) is 10.6 Å². The van der Waals surface area contributed by atoms with E-state index in [1.165, 1.54) is 0 Å². The number of methoxy groups -OCH3 is 2. The van der Waals surface area contributed by atoms with E-state index in [0.717, 1.165) is 28.3 Å². The zero-order valence-corrected chi connectivity index (χ0v) is 19.6. The minimum absolute atomic E-state index is 0.0664. The fourth-order valence-corrected chi connectivity index (χ4v) is 4.09. The van der Waals surface area contributed by atoms with Crippen molar-refractivity contribution in [3.8, 4) is 11.4 Å².